The number of piperidine rings is 1. The lowest BCUT2D eigenvalue weighted by Crippen LogP contribution is -2.45. The summed E-state index contributed by atoms with van der Waals surface area (Å²) in [5, 5.41) is 9.60. The minimum Gasteiger partial charge on any atom is -0.390 e. The summed E-state index contributed by atoms with van der Waals surface area (Å²) < 4.78 is 0. The molecule has 0 aliphatic carbocycles. The third kappa shape index (κ3) is 3.27. The van der Waals surface area contributed by atoms with Gasteiger partial charge in [-0.3, -0.25) is 0 Å². The van der Waals surface area contributed by atoms with Gasteiger partial charge in [0, 0.05) is 25.6 Å². The zero-order valence-electron chi connectivity index (χ0n) is 13.0. The Kier molecular flexibility index (Phi) is 4.94. The van der Waals surface area contributed by atoms with Crippen LogP contribution in [0.1, 0.15) is 44.1 Å². The molecule has 1 N–H and O–H groups in total. The molecule has 112 valence electrons. The van der Waals surface area contributed by atoms with E-state index in [-0.39, 0.29) is 12.5 Å². The lowest BCUT2D eigenvalue weighted by Gasteiger charge is -2.37. The van der Waals surface area contributed by atoms with E-state index in [1.54, 1.807) is 0 Å². The smallest absolute Gasteiger partial charge is 0.131 e. The molecule has 0 bridgehead atoms. The zero-order chi connectivity index (χ0) is 14.7. The predicted molar refractivity (Wildman–Crippen MR) is 81.0 cm³/mol. The first-order valence-corrected chi connectivity index (χ1v) is 7.41. The number of hydrogen-bond donors (Lipinski definition) is 1. The summed E-state index contributed by atoms with van der Waals surface area (Å²) in [5.41, 5.74) is 1.69. The Bertz CT molecular complexity index is 449. The van der Waals surface area contributed by atoms with Crippen LogP contribution in [0.2, 0.25) is 0 Å². The molecule has 1 aliphatic rings. The van der Waals surface area contributed by atoms with Gasteiger partial charge >= 0.3 is 0 Å². The van der Waals surface area contributed by atoms with Gasteiger partial charge in [0.2, 0.25) is 0 Å². The highest BCUT2D eigenvalue weighted by atomic mass is 16.3. The molecule has 1 aromatic heterocycles. The van der Waals surface area contributed by atoms with Crippen LogP contribution in [0.25, 0.3) is 0 Å². The van der Waals surface area contributed by atoms with E-state index in [1.807, 2.05) is 6.20 Å². The molecule has 0 spiro atoms. The summed E-state index contributed by atoms with van der Waals surface area (Å²) in [7, 11) is 4.24. The molecule has 2 rings (SSSR count). The summed E-state index contributed by atoms with van der Waals surface area (Å²) in [6, 6.07) is 0.465. The number of anilines is 1. The first kappa shape index (κ1) is 15.2. The average molecular weight is 278 g/mol. The molecular formula is C15H26N4O. The molecule has 0 saturated carbocycles. The standard InChI is InChI=1S/C15H26N4O/c1-11(2)15-16-8-14(13(10-20)17-15)19(4)12-6-5-7-18(3)9-12/h8,11-12,20H,5-7,9-10H2,1-4H3. The highest BCUT2D eigenvalue weighted by Crippen LogP contribution is 2.24. The van der Waals surface area contributed by atoms with E-state index in [2.05, 4.69) is 47.7 Å². The average Bonchev–Trinajstić information content (AvgIpc) is 2.45. The van der Waals surface area contributed by atoms with Crippen molar-refractivity contribution in [2.45, 2.75) is 45.3 Å². The Balaban J connectivity index is 2.22. The summed E-state index contributed by atoms with van der Waals surface area (Å²) in [6.07, 6.45) is 4.25. The highest BCUT2D eigenvalue weighted by Gasteiger charge is 2.23. The molecule has 5 heteroatoms. The maximum Gasteiger partial charge on any atom is 0.131 e. The predicted octanol–water partition coefficient (Wildman–Crippen LogP) is 1.62. The second-order valence-corrected chi connectivity index (χ2v) is 6.04. The molecule has 0 radical (unpaired) electrons. The van der Waals surface area contributed by atoms with Crippen molar-refractivity contribution in [3.8, 4) is 0 Å². The number of likely N-dealkylation sites (N-methyl/N-ethyl adjacent to an activating group) is 2. The van der Waals surface area contributed by atoms with Crippen LogP contribution in [-0.2, 0) is 6.61 Å². The van der Waals surface area contributed by atoms with Crippen LogP contribution < -0.4 is 4.90 Å². The molecule has 1 aromatic rings. The fourth-order valence-corrected chi connectivity index (χ4v) is 2.77. The van der Waals surface area contributed by atoms with E-state index in [0.717, 1.165) is 23.8 Å². The van der Waals surface area contributed by atoms with E-state index in [9.17, 15) is 5.11 Å². The van der Waals surface area contributed by atoms with Gasteiger partial charge in [-0.15, -0.1) is 0 Å². The van der Waals surface area contributed by atoms with Crippen molar-refractivity contribution in [1.82, 2.24) is 14.9 Å². The molecule has 20 heavy (non-hydrogen) atoms. The van der Waals surface area contributed by atoms with Gasteiger partial charge in [0.15, 0.2) is 0 Å². The zero-order valence-corrected chi connectivity index (χ0v) is 13.0. The number of aromatic nitrogens is 2. The van der Waals surface area contributed by atoms with Crippen molar-refractivity contribution in [3.05, 3.63) is 17.7 Å². The fourth-order valence-electron chi connectivity index (χ4n) is 2.77. The van der Waals surface area contributed by atoms with Gasteiger partial charge < -0.3 is 14.9 Å². The van der Waals surface area contributed by atoms with Crippen LogP contribution >= 0.6 is 0 Å². The number of aliphatic hydroxyl groups is 1. The second kappa shape index (κ2) is 6.50. The quantitative estimate of drug-likeness (QED) is 0.907. The Morgan fingerprint density at radius 2 is 2.25 bits per heavy atom. The summed E-state index contributed by atoms with van der Waals surface area (Å²) in [6.45, 7) is 6.31. The minimum absolute atomic E-state index is 0.0372. The molecule has 1 atom stereocenters. The molecule has 1 saturated heterocycles. The second-order valence-electron chi connectivity index (χ2n) is 6.04. The van der Waals surface area contributed by atoms with Gasteiger partial charge in [-0.05, 0) is 26.4 Å². The van der Waals surface area contributed by atoms with Gasteiger partial charge in [0.1, 0.15) is 5.82 Å². The Hall–Kier alpha value is -1.20. The first-order chi connectivity index (χ1) is 9.52. The summed E-state index contributed by atoms with van der Waals surface area (Å²) in [5.74, 6) is 1.08. The topological polar surface area (TPSA) is 52.5 Å². The van der Waals surface area contributed by atoms with Crippen molar-refractivity contribution >= 4 is 5.69 Å². The SMILES string of the molecule is CC(C)c1ncc(N(C)C2CCCN(C)C2)c(CO)n1. The van der Waals surface area contributed by atoms with Gasteiger partial charge in [-0.2, -0.15) is 0 Å². The number of hydrogen-bond acceptors (Lipinski definition) is 5. The van der Waals surface area contributed by atoms with Gasteiger partial charge in [-0.25, -0.2) is 9.97 Å². The van der Waals surface area contributed by atoms with Gasteiger partial charge in [0.25, 0.3) is 0 Å². The third-order valence-corrected chi connectivity index (χ3v) is 4.06. The van der Waals surface area contributed by atoms with Crippen LogP contribution in [0.4, 0.5) is 5.69 Å². The van der Waals surface area contributed by atoms with Crippen LogP contribution in [0, 0.1) is 0 Å². The van der Waals surface area contributed by atoms with Crippen molar-refractivity contribution in [2.24, 2.45) is 0 Å². The molecule has 5 nitrogen and oxygen atoms in total. The van der Waals surface area contributed by atoms with E-state index in [4.69, 9.17) is 0 Å². The Labute approximate surface area is 121 Å². The molecule has 1 aliphatic heterocycles. The van der Waals surface area contributed by atoms with E-state index in [1.165, 1.54) is 19.4 Å². The summed E-state index contributed by atoms with van der Waals surface area (Å²) in [4.78, 5) is 13.5. The van der Waals surface area contributed by atoms with E-state index in [0.29, 0.717) is 6.04 Å². The van der Waals surface area contributed by atoms with Crippen LogP contribution in [0.3, 0.4) is 0 Å². The monoisotopic (exact) mass is 278 g/mol. The third-order valence-electron chi connectivity index (χ3n) is 4.06. The van der Waals surface area contributed by atoms with Crippen LogP contribution in [-0.4, -0.2) is 53.2 Å². The first-order valence-electron chi connectivity index (χ1n) is 7.41. The lowest BCUT2D eigenvalue weighted by molar-refractivity contribution is 0.246. The van der Waals surface area contributed by atoms with E-state index >= 15 is 0 Å². The minimum atomic E-state index is -0.0372. The number of aliphatic hydroxyl groups excluding tert-OH is 1. The van der Waals surface area contributed by atoms with Crippen molar-refractivity contribution < 1.29 is 5.11 Å². The van der Waals surface area contributed by atoms with Crippen LogP contribution in [0.5, 0.6) is 0 Å². The van der Waals surface area contributed by atoms with Gasteiger partial charge in [-0.1, -0.05) is 13.8 Å². The molecule has 0 amide bonds. The van der Waals surface area contributed by atoms with E-state index < -0.39 is 0 Å². The Morgan fingerprint density at radius 1 is 1.50 bits per heavy atom. The molecule has 1 fully saturated rings. The Morgan fingerprint density at radius 3 is 2.85 bits per heavy atom. The van der Waals surface area contributed by atoms with Crippen molar-refractivity contribution in [1.29, 1.82) is 0 Å². The number of rotatable bonds is 4. The number of likely N-dealkylation sites (tertiary alicyclic amines) is 1. The molecule has 1 unspecified atom stereocenters. The normalized spacial score (nSPS) is 20.4. The van der Waals surface area contributed by atoms with Gasteiger partial charge in [0.05, 0.1) is 24.2 Å². The largest absolute Gasteiger partial charge is 0.390 e. The number of nitrogens with zero attached hydrogens (tertiary/aromatic N) is 4. The maximum absolute atomic E-state index is 9.60. The summed E-state index contributed by atoms with van der Waals surface area (Å²) >= 11 is 0. The fraction of sp³-hybridized carbons (Fsp3) is 0.733. The lowest BCUT2D eigenvalue weighted by atomic mass is 10.0. The van der Waals surface area contributed by atoms with Crippen LogP contribution in [0.15, 0.2) is 6.20 Å². The molecular weight excluding hydrogens is 252 g/mol. The molecule has 2 heterocycles. The maximum atomic E-state index is 9.60. The van der Waals surface area contributed by atoms with Crippen molar-refractivity contribution in [2.75, 3.05) is 32.1 Å². The molecule has 0 aromatic carbocycles. The van der Waals surface area contributed by atoms with Crippen molar-refractivity contribution in [3.63, 3.8) is 0 Å². The highest BCUT2D eigenvalue weighted by molar-refractivity contribution is 5.49.